The van der Waals surface area contributed by atoms with Gasteiger partial charge in [0.2, 0.25) is 10.0 Å². The van der Waals surface area contributed by atoms with E-state index < -0.39 is 20.0 Å². The van der Waals surface area contributed by atoms with E-state index in [1.165, 1.54) is 30.3 Å². The molecule has 0 aliphatic rings. The van der Waals surface area contributed by atoms with Crippen LogP contribution in [0.3, 0.4) is 0 Å². The molecule has 0 spiro atoms. The Labute approximate surface area is 140 Å². The van der Waals surface area contributed by atoms with Gasteiger partial charge in [0.1, 0.15) is 0 Å². The number of hydrogen-bond acceptors (Lipinski definition) is 4. The molecule has 0 saturated carbocycles. The summed E-state index contributed by atoms with van der Waals surface area (Å²) in [5, 5.41) is 0.418. The van der Waals surface area contributed by atoms with Gasteiger partial charge in [0, 0.05) is 10.7 Å². The lowest BCUT2D eigenvalue weighted by Gasteiger charge is -2.11. The lowest BCUT2D eigenvalue weighted by Crippen LogP contribution is -2.14. The van der Waals surface area contributed by atoms with Gasteiger partial charge in [-0.25, -0.2) is 16.8 Å². The van der Waals surface area contributed by atoms with Gasteiger partial charge in [0.15, 0.2) is 0 Å². The van der Waals surface area contributed by atoms with Crippen molar-refractivity contribution in [3.63, 3.8) is 0 Å². The number of benzene rings is 2. The molecule has 2 aromatic carbocycles. The molecular formula is C14H15ClN2O4S2. The van der Waals surface area contributed by atoms with E-state index in [-0.39, 0.29) is 10.6 Å². The van der Waals surface area contributed by atoms with Gasteiger partial charge in [0.25, 0.3) is 10.0 Å². The first kappa shape index (κ1) is 17.6. The molecular weight excluding hydrogens is 360 g/mol. The Balaban J connectivity index is 2.28. The molecule has 124 valence electrons. The van der Waals surface area contributed by atoms with Crippen LogP contribution < -0.4 is 9.44 Å². The standard InChI is InChI=1S/C14H15ClN2O4S2/c1-10-3-4-11(15)9-14(10)17-23(20,21)13-7-5-12(6-8-13)16-22(2,18)19/h3-9,16-17H,1-2H3. The van der Waals surface area contributed by atoms with Crippen LogP contribution in [0.4, 0.5) is 11.4 Å². The molecule has 2 aromatic rings. The zero-order valence-corrected chi connectivity index (χ0v) is 14.8. The Kier molecular flexibility index (Phi) is 4.88. The predicted octanol–water partition coefficient (Wildman–Crippen LogP) is 2.82. The number of hydrogen-bond donors (Lipinski definition) is 2. The number of anilines is 2. The second kappa shape index (κ2) is 6.38. The zero-order valence-electron chi connectivity index (χ0n) is 12.4. The van der Waals surface area contributed by atoms with Gasteiger partial charge >= 0.3 is 0 Å². The molecule has 0 amide bonds. The Morgan fingerprint density at radius 2 is 1.52 bits per heavy atom. The summed E-state index contributed by atoms with van der Waals surface area (Å²) in [6, 6.07) is 10.3. The van der Waals surface area contributed by atoms with E-state index in [0.717, 1.165) is 11.8 Å². The van der Waals surface area contributed by atoms with E-state index in [2.05, 4.69) is 9.44 Å². The summed E-state index contributed by atoms with van der Waals surface area (Å²) < 4.78 is 51.7. The smallest absolute Gasteiger partial charge is 0.261 e. The maximum atomic E-state index is 12.4. The Hall–Kier alpha value is -1.77. The largest absolute Gasteiger partial charge is 0.284 e. The summed E-state index contributed by atoms with van der Waals surface area (Å²) in [7, 11) is -7.21. The van der Waals surface area contributed by atoms with Crippen LogP contribution in [-0.2, 0) is 20.0 Å². The van der Waals surface area contributed by atoms with Crippen molar-refractivity contribution in [1.82, 2.24) is 0 Å². The predicted molar refractivity (Wildman–Crippen MR) is 91.9 cm³/mol. The van der Waals surface area contributed by atoms with E-state index in [1.54, 1.807) is 19.1 Å². The maximum Gasteiger partial charge on any atom is 0.261 e. The minimum Gasteiger partial charge on any atom is -0.284 e. The van der Waals surface area contributed by atoms with Crippen LogP contribution in [0, 0.1) is 6.92 Å². The van der Waals surface area contributed by atoms with Crippen LogP contribution in [0.25, 0.3) is 0 Å². The third-order valence-corrected chi connectivity index (χ3v) is 5.13. The molecule has 23 heavy (non-hydrogen) atoms. The molecule has 2 rings (SSSR count). The molecule has 0 aliphatic carbocycles. The van der Waals surface area contributed by atoms with E-state index >= 15 is 0 Å². The Bertz CT molecular complexity index is 924. The first-order valence-corrected chi connectivity index (χ1v) is 10.2. The molecule has 2 N–H and O–H groups in total. The highest BCUT2D eigenvalue weighted by atomic mass is 35.5. The fourth-order valence-corrected chi connectivity index (χ4v) is 3.68. The van der Waals surface area contributed by atoms with Crippen LogP contribution in [0.15, 0.2) is 47.4 Å². The monoisotopic (exact) mass is 374 g/mol. The molecule has 0 aromatic heterocycles. The van der Waals surface area contributed by atoms with E-state index in [9.17, 15) is 16.8 Å². The lowest BCUT2D eigenvalue weighted by atomic mass is 10.2. The summed E-state index contributed by atoms with van der Waals surface area (Å²) in [6.07, 6.45) is 1.02. The van der Waals surface area contributed by atoms with Gasteiger partial charge in [-0.2, -0.15) is 0 Å². The van der Waals surface area contributed by atoms with Crippen LogP contribution in [0.2, 0.25) is 5.02 Å². The van der Waals surface area contributed by atoms with Crippen LogP contribution in [0.1, 0.15) is 5.56 Å². The third-order valence-electron chi connectivity index (χ3n) is 2.91. The zero-order chi connectivity index (χ0) is 17.3. The fourth-order valence-electron chi connectivity index (χ4n) is 1.82. The van der Waals surface area contributed by atoms with E-state index in [1.807, 2.05) is 0 Å². The minimum absolute atomic E-state index is 0.0101. The second-order valence-electron chi connectivity index (χ2n) is 4.96. The van der Waals surface area contributed by atoms with Crippen molar-refractivity contribution in [3.05, 3.63) is 53.1 Å². The van der Waals surface area contributed by atoms with Gasteiger partial charge in [0.05, 0.1) is 16.8 Å². The molecule has 0 saturated heterocycles. The molecule has 0 atom stereocenters. The molecule has 0 heterocycles. The van der Waals surface area contributed by atoms with Crippen molar-refractivity contribution in [2.24, 2.45) is 0 Å². The number of sulfonamides is 2. The van der Waals surface area contributed by atoms with Gasteiger partial charge < -0.3 is 0 Å². The highest BCUT2D eigenvalue weighted by Crippen LogP contribution is 2.24. The summed E-state index contributed by atoms with van der Waals surface area (Å²) in [5.41, 5.74) is 1.40. The molecule has 0 unspecified atom stereocenters. The van der Waals surface area contributed by atoms with E-state index in [0.29, 0.717) is 10.7 Å². The quantitative estimate of drug-likeness (QED) is 0.841. The summed E-state index contributed by atoms with van der Waals surface area (Å²) in [4.78, 5) is 0.0101. The van der Waals surface area contributed by atoms with Gasteiger partial charge in [-0.15, -0.1) is 0 Å². The normalized spacial score (nSPS) is 12.0. The topological polar surface area (TPSA) is 92.3 Å². The van der Waals surface area contributed by atoms with Gasteiger partial charge in [-0.3, -0.25) is 9.44 Å². The van der Waals surface area contributed by atoms with Crippen molar-refractivity contribution < 1.29 is 16.8 Å². The van der Waals surface area contributed by atoms with Crippen LogP contribution in [0.5, 0.6) is 0 Å². The highest BCUT2D eigenvalue weighted by molar-refractivity contribution is 7.92. The lowest BCUT2D eigenvalue weighted by molar-refractivity contribution is 0.601. The van der Waals surface area contributed by atoms with E-state index in [4.69, 9.17) is 11.6 Å². The third kappa shape index (κ3) is 4.85. The summed E-state index contributed by atoms with van der Waals surface area (Å²) >= 11 is 5.87. The molecule has 0 aliphatic heterocycles. The van der Waals surface area contributed by atoms with Crippen molar-refractivity contribution in [1.29, 1.82) is 0 Å². The average molecular weight is 375 g/mol. The van der Waals surface area contributed by atoms with Crippen molar-refractivity contribution in [3.8, 4) is 0 Å². The summed E-state index contributed by atoms with van der Waals surface area (Å²) in [6.45, 7) is 1.76. The molecule has 0 radical (unpaired) electrons. The van der Waals surface area contributed by atoms with Crippen molar-refractivity contribution in [2.75, 3.05) is 15.7 Å². The van der Waals surface area contributed by atoms with Crippen molar-refractivity contribution in [2.45, 2.75) is 11.8 Å². The molecule has 0 fully saturated rings. The van der Waals surface area contributed by atoms with Crippen LogP contribution in [-0.4, -0.2) is 23.1 Å². The number of rotatable bonds is 5. The average Bonchev–Trinajstić information content (AvgIpc) is 2.41. The Morgan fingerprint density at radius 1 is 0.913 bits per heavy atom. The van der Waals surface area contributed by atoms with Gasteiger partial charge in [-0.1, -0.05) is 17.7 Å². The fraction of sp³-hybridized carbons (Fsp3) is 0.143. The summed E-state index contributed by atoms with van der Waals surface area (Å²) in [5.74, 6) is 0. The number of nitrogens with one attached hydrogen (secondary N) is 2. The van der Waals surface area contributed by atoms with Crippen molar-refractivity contribution >= 4 is 43.0 Å². The second-order valence-corrected chi connectivity index (χ2v) is 8.83. The first-order chi connectivity index (χ1) is 10.6. The highest BCUT2D eigenvalue weighted by Gasteiger charge is 2.15. The number of halogens is 1. The SMILES string of the molecule is Cc1ccc(Cl)cc1NS(=O)(=O)c1ccc(NS(C)(=O)=O)cc1. The molecule has 9 heteroatoms. The number of aryl methyl sites for hydroxylation is 1. The minimum atomic E-state index is -3.80. The van der Waals surface area contributed by atoms with Crippen LogP contribution >= 0.6 is 11.6 Å². The first-order valence-electron chi connectivity index (χ1n) is 6.44. The Morgan fingerprint density at radius 3 is 2.09 bits per heavy atom. The maximum absolute atomic E-state index is 12.4. The molecule has 0 bridgehead atoms. The van der Waals surface area contributed by atoms with Gasteiger partial charge in [-0.05, 0) is 48.9 Å². The molecule has 6 nitrogen and oxygen atoms in total.